The maximum absolute atomic E-state index is 13.5. The fourth-order valence-electron chi connectivity index (χ4n) is 1.03. The molecule has 0 N–H and O–H groups in total. The van der Waals surface area contributed by atoms with Gasteiger partial charge in [0.2, 0.25) is 0 Å². The van der Waals surface area contributed by atoms with E-state index >= 15 is 0 Å². The van der Waals surface area contributed by atoms with E-state index in [9.17, 15) is 17.6 Å². The van der Waals surface area contributed by atoms with Gasteiger partial charge in [-0.2, -0.15) is 13.9 Å². The summed E-state index contributed by atoms with van der Waals surface area (Å²) >= 11 is 0. The molecule has 1 aromatic heterocycles. The van der Waals surface area contributed by atoms with Crippen LogP contribution in [0, 0.1) is 0 Å². The molecule has 0 atom stereocenters. The summed E-state index contributed by atoms with van der Waals surface area (Å²) in [4.78, 5) is 0. The Morgan fingerprint density at radius 3 is 2.00 bits per heavy atom. The molecule has 0 saturated heterocycles. The smallest absolute Gasteiger partial charge is 0.204 e. The van der Waals surface area contributed by atoms with E-state index in [4.69, 9.17) is 0 Å². The van der Waals surface area contributed by atoms with E-state index in [1.807, 2.05) is 0 Å². The molecule has 1 rings (SSSR count). The minimum Gasteiger partial charge on any atom is -0.204 e. The van der Waals surface area contributed by atoms with Crippen LogP contribution in [0.25, 0.3) is 0 Å². The molecule has 0 aliphatic heterocycles. The minimum absolute atomic E-state index is 0.0191. The second-order valence-corrected chi connectivity index (χ2v) is 9.44. The molecule has 0 aliphatic carbocycles. The third-order valence-electron chi connectivity index (χ3n) is 2.11. The third kappa shape index (κ3) is 1.80. The Hall–Kier alpha value is -0.853. The zero-order valence-corrected chi connectivity index (χ0v) is 9.64. The van der Waals surface area contributed by atoms with Crippen LogP contribution in [0.4, 0.5) is 17.6 Å². The van der Waals surface area contributed by atoms with E-state index in [0.717, 1.165) is 12.4 Å². The maximum Gasteiger partial charge on any atom is 0.402 e. The lowest BCUT2D eigenvalue weighted by atomic mass is 10.5. The molecule has 7 heteroatoms. The molecule has 0 radical (unpaired) electrons. The minimum atomic E-state index is -4.26. The highest BCUT2D eigenvalue weighted by molar-refractivity contribution is 6.78. The number of hydrogen-bond acceptors (Lipinski definition) is 1. The van der Waals surface area contributed by atoms with Gasteiger partial charge in [0.1, 0.15) is 8.07 Å². The standard InChI is InChI=1S/C8H12F4N2Si/c1-15(2,3)8(11,12)7(9,10)14-6-4-5-13-14/h4-6H,1-3H3. The fourth-order valence-corrected chi connectivity index (χ4v) is 2.05. The Bertz CT molecular complexity index is 329. The molecule has 0 saturated carbocycles. The number of rotatable bonds is 3. The predicted molar refractivity (Wildman–Crippen MR) is 50.7 cm³/mol. The molecule has 0 aromatic carbocycles. The molecule has 0 bridgehead atoms. The summed E-state index contributed by atoms with van der Waals surface area (Å²) < 4.78 is 54.0. The largest absolute Gasteiger partial charge is 0.402 e. The molecule has 1 aromatic rings. The summed E-state index contributed by atoms with van der Waals surface area (Å²) in [5.41, 5.74) is -4.04. The van der Waals surface area contributed by atoms with Gasteiger partial charge in [0.05, 0.1) is 0 Å². The van der Waals surface area contributed by atoms with Crippen molar-refractivity contribution in [2.75, 3.05) is 0 Å². The highest BCUT2D eigenvalue weighted by Crippen LogP contribution is 2.44. The Labute approximate surface area is 85.9 Å². The van der Waals surface area contributed by atoms with Crippen molar-refractivity contribution in [2.45, 2.75) is 31.2 Å². The van der Waals surface area contributed by atoms with Crippen LogP contribution in [0.2, 0.25) is 19.6 Å². The number of nitrogens with zero attached hydrogens (tertiary/aromatic N) is 2. The predicted octanol–water partition coefficient (Wildman–Crippen LogP) is 2.95. The first-order valence-electron chi connectivity index (χ1n) is 4.36. The SMILES string of the molecule is C[Si](C)(C)C(F)(F)C(F)(F)n1cccn1. The van der Waals surface area contributed by atoms with Crippen molar-refractivity contribution in [1.29, 1.82) is 0 Å². The molecular weight excluding hydrogens is 228 g/mol. The number of alkyl halides is 4. The van der Waals surface area contributed by atoms with Gasteiger partial charge >= 0.3 is 11.6 Å². The van der Waals surface area contributed by atoms with Crippen LogP contribution >= 0.6 is 0 Å². The van der Waals surface area contributed by atoms with Crippen molar-refractivity contribution in [3.63, 3.8) is 0 Å². The van der Waals surface area contributed by atoms with Crippen LogP contribution in [-0.4, -0.2) is 23.4 Å². The molecule has 15 heavy (non-hydrogen) atoms. The quantitative estimate of drug-likeness (QED) is 0.586. The van der Waals surface area contributed by atoms with Crippen LogP contribution < -0.4 is 0 Å². The van der Waals surface area contributed by atoms with Crippen molar-refractivity contribution >= 4 is 8.07 Å². The Balaban J connectivity index is 3.17. The normalized spacial score (nSPS) is 14.3. The summed E-state index contributed by atoms with van der Waals surface area (Å²) in [5.74, 6) is 0. The number of hydrogen-bond donors (Lipinski definition) is 0. The zero-order valence-electron chi connectivity index (χ0n) is 8.64. The Morgan fingerprint density at radius 2 is 1.67 bits per heavy atom. The van der Waals surface area contributed by atoms with Gasteiger partial charge in [-0.05, 0) is 6.07 Å². The van der Waals surface area contributed by atoms with Crippen LogP contribution in [0.5, 0.6) is 0 Å². The van der Waals surface area contributed by atoms with E-state index in [0.29, 0.717) is 0 Å². The van der Waals surface area contributed by atoms with Gasteiger partial charge in [0, 0.05) is 12.4 Å². The highest BCUT2D eigenvalue weighted by Gasteiger charge is 2.65. The van der Waals surface area contributed by atoms with Gasteiger partial charge in [-0.25, -0.2) is 13.5 Å². The number of aromatic nitrogens is 2. The van der Waals surface area contributed by atoms with Gasteiger partial charge in [0.25, 0.3) is 0 Å². The van der Waals surface area contributed by atoms with Gasteiger partial charge in [-0.3, -0.25) is 0 Å². The van der Waals surface area contributed by atoms with Crippen molar-refractivity contribution in [2.24, 2.45) is 0 Å². The molecule has 0 amide bonds. The first-order valence-corrected chi connectivity index (χ1v) is 7.86. The van der Waals surface area contributed by atoms with Crippen LogP contribution in [0.15, 0.2) is 18.5 Å². The molecule has 0 aliphatic rings. The summed E-state index contributed by atoms with van der Waals surface area (Å²) in [6.07, 6.45) is 1.89. The molecule has 0 fully saturated rings. The first-order chi connectivity index (χ1) is 6.61. The second kappa shape index (κ2) is 3.33. The van der Waals surface area contributed by atoms with Crippen molar-refractivity contribution < 1.29 is 17.6 Å². The maximum atomic E-state index is 13.5. The van der Waals surface area contributed by atoms with Gasteiger partial charge in [0.15, 0.2) is 0 Å². The van der Waals surface area contributed by atoms with Crippen LogP contribution in [0.1, 0.15) is 0 Å². The van der Waals surface area contributed by atoms with Crippen LogP contribution in [0.3, 0.4) is 0 Å². The van der Waals surface area contributed by atoms with Gasteiger partial charge in [-0.15, -0.1) is 0 Å². The monoisotopic (exact) mass is 240 g/mol. The molecular formula is C8H12F4N2Si. The Morgan fingerprint density at radius 1 is 1.13 bits per heavy atom. The number of halogens is 4. The first kappa shape index (κ1) is 12.2. The molecule has 0 unspecified atom stereocenters. The van der Waals surface area contributed by atoms with E-state index < -0.39 is 19.7 Å². The van der Waals surface area contributed by atoms with E-state index in [-0.39, 0.29) is 4.68 Å². The summed E-state index contributed by atoms with van der Waals surface area (Å²) in [5, 5.41) is 3.18. The summed E-state index contributed by atoms with van der Waals surface area (Å²) in [7, 11) is -3.32. The lowest BCUT2D eigenvalue weighted by Crippen LogP contribution is -2.58. The summed E-state index contributed by atoms with van der Waals surface area (Å²) in [6.45, 7) is 3.60. The lowest BCUT2D eigenvalue weighted by Gasteiger charge is -2.34. The van der Waals surface area contributed by atoms with E-state index in [1.165, 1.54) is 25.7 Å². The van der Waals surface area contributed by atoms with Crippen molar-refractivity contribution in [1.82, 2.24) is 9.78 Å². The topological polar surface area (TPSA) is 17.8 Å². The average molecular weight is 240 g/mol. The third-order valence-corrected chi connectivity index (χ3v) is 4.30. The van der Waals surface area contributed by atoms with Gasteiger partial charge in [-0.1, -0.05) is 19.6 Å². The lowest BCUT2D eigenvalue weighted by molar-refractivity contribution is -0.227. The Kier molecular flexibility index (Phi) is 2.71. The van der Waals surface area contributed by atoms with Crippen molar-refractivity contribution in [3.8, 4) is 0 Å². The molecule has 1 heterocycles. The van der Waals surface area contributed by atoms with Crippen LogP contribution in [-0.2, 0) is 6.05 Å². The average Bonchev–Trinajstić information content (AvgIpc) is 2.53. The molecule has 2 nitrogen and oxygen atoms in total. The van der Waals surface area contributed by atoms with E-state index in [1.54, 1.807) is 0 Å². The molecule has 86 valence electrons. The molecule has 0 spiro atoms. The van der Waals surface area contributed by atoms with Gasteiger partial charge < -0.3 is 0 Å². The van der Waals surface area contributed by atoms with E-state index in [2.05, 4.69) is 5.10 Å². The fraction of sp³-hybridized carbons (Fsp3) is 0.625. The highest BCUT2D eigenvalue weighted by atomic mass is 28.3. The summed E-state index contributed by atoms with van der Waals surface area (Å²) in [6, 6.07) is -3.07. The van der Waals surface area contributed by atoms with Crippen molar-refractivity contribution in [3.05, 3.63) is 18.5 Å². The second-order valence-electron chi connectivity index (χ2n) is 4.32. The zero-order chi connectivity index (χ0) is 11.9.